The third-order valence-corrected chi connectivity index (χ3v) is 6.25. The van der Waals surface area contributed by atoms with Gasteiger partial charge in [-0.1, -0.05) is 23.5 Å². The van der Waals surface area contributed by atoms with Gasteiger partial charge in [-0.05, 0) is 31.5 Å². The molecule has 1 aromatic carbocycles. The Labute approximate surface area is 212 Å². The number of carboxylic acid groups (broad SMARTS) is 1. The van der Waals surface area contributed by atoms with Crippen molar-refractivity contribution in [2.75, 3.05) is 23.8 Å². The van der Waals surface area contributed by atoms with E-state index in [0.717, 1.165) is 16.9 Å². The molecule has 3 aromatic rings. The van der Waals surface area contributed by atoms with Gasteiger partial charge in [0.25, 0.3) is 5.91 Å². The lowest BCUT2D eigenvalue weighted by molar-refractivity contribution is -0.135. The number of carboxylic acids is 1. The number of aromatic nitrogens is 3. The van der Waals surface area contributed by atoms with Gasteiger partial charge >= 0.3 is 11.9 Å². The average molecular weight is 534 g/mol. The Hall–Kier alpha value is -3.95. The van der Waals surface area contributed by atoms with Gasteiger partial charge in [-0.2, -0.15) is 4.98 Å². The summed E-state index contributed by atoms with van der Waals surface area (Å²) in [4.78, 5) is 48.9. The van der Waals surface area contributed by atoms with Crippen molar-refractivity contribution in [3.8, 4) is 0 Å². The van der Waals surface area contributed by atoms with Gasteiger partial charge in [-0.15, -0.1) is 0 Å². The van der Waals surface area contributed by atoms with Crippen LogP contribution in [0.4, 0.5) is 16.9 Å². The van der Waals surface area contributed by atoms with Crippen LogP contribution in [0.25, 0.3) is 0 Å². The van der Waals surface area contributed by atoms with E-state index in [4.69, 9.17) is 15.0 Å². The lowest BCUT2D eigenvalue weighted by atomic mass is 10.2. The van der Waals surface area contributed by atoms with E-state index in [2.05, 4.69) is 30.9 Å². The fraction of sp³-hybridized carbons (Fsp3) is 0.238. The zero-order valence-corrected chi connectivity index (χ0v) is 20.9. The van der Waals surface area contributed by atoms with Crippen LogP contribution in [0.5, 0.6) is 0 Å². The first-order chi connectivity index (χ1) is 17.2. The second-order valence-electron chi connectivity index (χ2n) is 7.11. The number of aliphatic carboxylic acids is 1. The van der Waals surface area contributed by atoms with Crippen LogP contribution in [0.2, 0.25) is 0 Å². The van der Waals surface area contributed by atoms with Crippen LogP contribution in [-0.2, 0) is 27.1 Å². The van der Waals surface area contributed by atoms with E-state index >= 15 is 0 Å². The van der Waals surface area contributed by atoms with E-state index < -0.39 is 35.4 Å². The first-order valence-electron chi connectivity index (χ1n) is 10.5. The summed E-state index contributed by atoms with van der Waals surface area (Å²) in [6.07, 6.45) is 0. The number of carbonyl (C=O) groups excluding carboxylic acids is 2. The molecule has 0 saturated heterocycles. The quantitative estimate of drug-likeness (QED) is 0.224. The zero-order chi connectivity index (χ0) is 26.2. The molecule has 2 aromatic heterocycles. The third-order valence-electron chi connectivity index (χ3n) is 4.46. The number of benzene rings is 1. The highest BCUT2D eigenvalue weighted by molar-refractivity contribution is 7.82. The van der Waals surface area contributed by atoms with Gasteiger partial charge in [0.05, 0.1) is 17.2 Å². The predicted octanol–water partition coefficient (Wildman–Crippen LogP) is 1.57. The molecule has 0 fully saturated rings. The van der Waals surface area contributed by atoms with Crippen LogP contribution in [0.15, 0.2) is 35.2 Å². The molecule has 0 radical (unpaired) electrons. The molecule has 1 unspecified atom stereocenters. The number of anilines is 3. The first kappa shape index (κ1) is 26.7. The number of carbonyl (C=O) groups is 3. The second-order valence-corrected chi connectivity index (χ2v) is 9.18. The smallest absolute Gasteiger partial charge is 0.350 e. The summed E-state index contributed by atoms with van der Waals surface area (Å²) in [6.45, 7) is 3.29. The molecular formula is C21H23N7O6S2. The van der Waals surface area contributed by atoms with Gasteiger partial charge in [0.1, 0.15) is 33.9 Å². The van der Waals surface area contributed by atoms with E-state index in [1.165, 1.54) is 6.07 Å². The van der Waals surface area contributed by atoms with Gasteiger partial charge in [-0.3, -0.25) is 14.9 Å². The van der Waals surface area contributed by atoms with Crippen molar-refractivity contribution in [3.63, 3.8) is 0 Å². The molecule has 0 bridgehead atoms. The van der Waals surface area contributed by atoms with Crippen LogP contribution in [0.3, 0.4) is 0 Å². The molecule has 0 aliphatic heterocycles. The average Bonchev–Trinajstić information content (AvgIpc) is 3.21. The number of nitrogens with two attached hydrogens (primary N) is 1. The van der Waals surface area contributed by atoms with Crippen molar-refractivity contribution < 1.29 is 28.4 Å². The molecule has 0 aliphatic rings. The lowest BCUT2D eigenvalue weighted by Gasteiger charge is -2.11. The fourth-order valence-electron chi connectivity index (χ4n) is 2.82. The minimum atomic E-state index is -1.59. The Morgan fingerprint density at radius 3 is 2.53 bits per heavy atom. The van der Waals surface area contributed by atoms with E-state index in [-0.39, 0.29) is 24.1 Å². The monoisotopic (exact) mass is 533 g/mol. The molecule has 3 rings (SSSR count). The standard InChI is InChI=1S/C21H23N7O6S2/c1-3-34-19(32)17-11(2)25-21(35-17)28-20-26-14(18(31)24-10-16(29)30)8-15(27-20)23-9-12-4-6-13(7-5-12)36(22)33/h4-8H,3,9-10,22H2,1-2H3,(H,24,31)(H,29,30)(H2,23,25,26,27,28). The minimum Gasteiger partial charge on any atom is -0.480 e. The number of ether oxygens (including phenoxy) is 1. The van der Waals surface area contributed by atoms with Crippen LogP contribution < -0.4 is 21.1 Å². The molecule has 1 atom stereocenters. The number of esters is 1. The summed E-state index contributed by atoms with van der Waals surface area (Å²) in [5.74, 6) is -2.17. The number of hydrogen-bond donors (Lipinski definition) is 5. The number of nitrogens with zero attached hydrogens (tertiary/aromatic N) is 3. The highest BCUT2D eigenvalue weighted by Gasteiger charge is 2.18. The molecule has 36 heavy (non-hydrogen) atoms. The van der Waals surface area contributed by atoms with E-state index in [1.807, 2.05) is 0 Å². The van der Waals surface area contributed by atoms with Crippen LogP contribution in [0, 0.1) is 6.92 Å². The summed E-state index contributed by atoms with van der Waals surface area (Å²) in [6, 6.07) is 8.11. The number of thiazole rings is 1. The molecule has 2 heterocycles. The number of rotatable bonds is 11. The van der Waals surface area contributed by atoms with Crippen LogP contribution in [-0.4, -0.2) is 55.3 Å². The number of nitrogens with one attached hydrogen (secondary N) is 3. The van der Waals surface area contributed by atoms with Crippen molar-refractivity contribution in [3.05, 3.63) is 52.2 Å². The molecule has 190 valence electrons. The Morgan fingerprint density at radius 1 is 1.17 bits per heavy atom. The summed E-state index contributed by atoms with van der Waals surface area (Å²) < 4.78 is 16.4. The lowest BCUT2D eigenvalue weighted by Crippen LogP contribution is -2.30. The Kier molecular flexibility index (Phi) is 8.99. The van der Waals surface area contributed by atoms with Crippen LogP contribution >= 0.6 is 11.3 Å². The molecule has 1 amide bonds. The topological polar surface area (TPSA) is 199 Å². The van der Waals surface area contributed by atoms with Gasteiger partial charge < -0.3 is 20.5 Å². The highest BCUT2D eigenvalue weighted by atomic mass is 32.2. The maximum atomic E-state index is 12.5. The van der Waals surface area contributed by atoms with Crippen molar-refractivity contribution in [2.45, 2.75) is 25.3 Å². The van der Waals surface area contributed by atoms with Crippen molar-refractivity contribution in [1.29, 1.82) is 0 Å². The summed E-state index contributed by atoms with van der Waals surface area (Å²) >= 11 is 1.04. The maximum Gasteiger partial charge on any atom is 0.350 e. The second kappa shape index (κ2) is 12.1. The number of amides is 1. The number of aryl methyl sites for hydroxylation is 1. The fourth-order valence-corrected chi connectivity index (χ4v) is 4.08. The maximum absolute atomic E-state index is 12.5. The van der Waals surface area contributed by atoms with Crippen molar-refractivity contribution in [1.82, 2.24) is 20.3 Å². The minimum absolute atomic E-state index is 0.00138. The highest BCUT2D eigenvalue weighted by Crippen LogP contribution is 2.26. The van der Waals surface area contributed by atoms with Crippen molar-refractivity contribution >= 4 is 57.1 Å². The third kappa shape index (κ3) is 7.27. The summed E-state index contributed by atoms with van der Waals surface area (Å²) in [5.41, 5.74) is 1.18. The summed E-state index contributed by atoms with van der Waals surface area (Å²) in [7, 11) is -1.59. The molecule has 6 N–H and O–H groups in total. The van der Waals surface area contributed by atoms with Gasteiger partial charge in [-0.25, -0.2) is 24.1 Å². The molecule has 0 spiro atoms. The molecule has 15 heteroatoms. The van der Waals surface area contributed by atoms with E-state index in [9.17, 15) is 18.6 Å². The zero-order valence-electron chi connectivity index (χ0n) is 19.2. The molecule has 0 aliphatic carbocycles. The van der Waals surface area contributed by atoms with Crippen molar-refractivity contribution in [2.24, 2.45) is 5.14 Å². The Balaban J connectivity index is 1.84. The SMILES string of the molecule is CCOC(=O)c1sc(Nc2nc(NCc3ccc(S(N)=O)cc3)cc(C(=O)NCC(=O)O)n2)nc1C. The van der Waals surface area contributed by atoms with E-state index in [1.54, 1.807) is 38.1 Å². The van der Waals surface area contributed by atoms with Gasteiger partial charge in [0, 0.05) is 12.6 Å². The van der Waals surface area contributed by atoms with Gasteiger partial charge in [0.15, 0.2) is 5.13 Å². The largest absolute Gasteiger partial charge is 0.480 e. The first-order valence-corrected chi connectivity index (χ1v) is 12.5. The van der Waals surface area contributed by atoms with Crippen LogP contribution in [0.1, 0.15) is 38.3 Å². The molecule has 13 nitrogen and oxygen atoms in total. The Bertz CT molecular complexity index is 1300. The molecule has 0 saturated carbocycles. The van der Waals surface area contributed by atoms with Gasteiger partial charge in [0.2, 0.25) is 5.95 Å². The number of hydrogen-bond acceptors (Lipinski definition) is 11. The summed E-state index contributed by atoms with van der Waals surface area (Å²) in [5, 5.41) is 22.7. The normalized spacial score (nSPS) is 11.4. The molecular weight excluding hydrogens is 510 g/mol. The Morgan fingerprint density at radius 2 is 1.89 bits per heavy atom. The van der Waals surface area contributed by atoms with E-state index in [0.29, 0.717) is 27.1 Å². The predicted molar refractivity (Wildman–Crippen MR) is 132 cm³/mol.